The number of thiophene rings is 1. The second-order valence-corrected chi connectivity index (χ2v) is 5.24. The molecule has 0 bridgehead atoms. The number of aromatic nitrogens is 5. The Morgan fingerprint density at radius 1 is 1.25 bits per heavy atom. The average molecular weight is 283 g/mol. The van der Waals surface area contributed by atoms with Crippen molar-refractivity contribution in [3.63, 3.8) is 0 Å². The molecular formula is C13H9N5OS. The molecule has 98 valence electrons. The van der Waals surface area contributed by atoms with E-state index in [0.717, 1.165) is 10.6 Å². The van der Waals surface area contributed by atoms with Gasteiger partial charge in [0.05, 0.1) is 21.8 Å². The van der Waals surface area contributed by atoms with Crippen molar-refractivity contribution in [1.29, 1.82) is 0 Å². The lowest BCUT2D eigenvalue weighted by atomic mass is 10.2. The Kier molecular flexibility index (Phi) is 2.33. The van der Waals surface area contributed by atoms with E-state index < -0.39 is 0 Å². The van der Waals surface area contributed by atoms with E-state index in [4.69, 9.17) is 0 Å². The topological polar surface area (TPSA) is 78.8 Å². The van der Waals surface area contributed by atoms with Crippen molar-refractivity contribution in [2.45, 2.75) is 0 Å². The zero-order valence-electron chi connectivity index (χ0n) is 10.2. The summed E-state index contributed by atoms with van der Waals surface area (Å²) in [6.45, 7) is 0. The maximum absolute atomic E-state index is 12.5. The average Bonchev–Trinajstić information content (AvgIpc) is 3.20. The molecule has 0 aromatic carbocycles. The Morgan fingerprint density at radius 3 is 2.95 bits per heavy atom. The Labute approximate surface area is 116 Å². The SMILES string of the molecule is O=c1c(-c2ccn[nH]2)cnc2cc(-c3cccs3)[nH]n12. The maximum Gasteiger partial charge on any atom is 0.282 e. The third-order valence-electron chi connectivity index (χ3n) is 3.07. The molecule has 0 fully saturated rings. The van der Waals surface area contributed by atoms with E-state index >= 15 is 0 Å². The molecule has 4 aromatic rings. The summed E-state index contributed by atoms with van der Waals surface area (Å²) in [4.78, 5) is 17.8. The number of hydrogen-bond donors (Lipinski definition) is 2. The van der Waals surface area contributed by atoms with E-state index in [9.17, 15) is 4.79 Å². The number of nitrogens with one attached hydrogen (secondary N) is 2. The highest BCUT2D eigenvalue weighted by atomic mass is 32.1. The first-order chi connectivity index (χ1) is 9.83. The summed E-state index contributed by atoms with van der Waals surface area (Å²) in [6, 6.07) is 7.58. The molecule has 4 heterocycles. The number of hydrogen-bond acceptors (Lipinski definition) is 4. The molecule has 0 aliphatic rings. The molecule has 4 rings (SSSR count). The Balaban J connectivity index is 1.96. The molecule has 7 heteroatoms. The van der Waals surface area contributed by atoms with Crippen LogP contribution in [0.15, 0.2) is 46.8 Å². The number of fused-ring (bicyclic) bond motifs is 1. The van der Waals surface area contributed by atoms with Gasteiger partial charge in [-0.1, -0.05) is 6.07 Å². The molecule has 0 saturated carbocycles. The monoisotopic (exact) mass is 283 g/mol. The lowest BCUT2D eigenvalue weighted by Crippen LogP contribution is -2.17. The van der Waals surface area contributed by atoms with E-state index in [1.165, 1.54) is 4.52 Å². The smallest absolute Gasteiger partial charge is 0.282 e. The van der Waals surface area contributed by atoms with Crippen LogP contribution in [-0.2, 0) is 0 Å². The summed E-state index contributed by atoms with van der Waals surface area (Å²) in [7, 11) is 0. The molecule has 0 radical (unpaired) electrons. The van der Waals surface area contributed by atoms with Gasteiger partial charge < -0.3 is 0 Å². The molecule has 0 unspecified atom stereocenters. The summed E-state index contributed by atoms with van der Waals surface area (Å²) in [5, 5.41) is 11.7. The van der Waals surface area contributed by atoms with Crippen LogP contribution >= 0.6 is 11.3 Å². The van der Waals surface area contributed by atoms with Crippen molar-refractivity contribution in [2.75, 3.05) is 0 Å². The van der Waals surface area contributed by atoms with E-state index in [-0.39, 0.29) is 5.56 Å². The lowest BCUT2D eigenvalue weighted by molar-refractivity contribution is 0.904. The van der Waals surface area contributed by atoms with Gasteiger partial charge in [0, 0.05) is 18.5 Å². The summed E-state index contributed by atoms with van der Waals surface area (Å²) in [6.07, 6.45) is 3.17. The number of nitrogens with zero attached hydrogens (tertiary/aromatic N) is 3. The van der Waals surface area contributed by atoms with Gasteiger partial charge in [0.2, 0.25) is 0 Å². The Bertz CT molecular complexity index is 918. The highest BCUT2D eigenvalue weighted by Gasteiger charge is 2.11. The van der Waals surface area contributed by atoms with Gasteiger partial charge in [-0.25, -0.2) is 9.50 Å². The van der Waals surface area contributed by atoms with Gasteiger partial charge in [-0.3, -0.25) is 15.0 Å². The van der Waals surface area contributed by atoms with Gasteiger partial charge in [-0.2, -0.15) is 5.10 Å². The predicted octanol–water partition coefficient (Wildman–Crippen LogP) is 2.14. The molecule has 4 aromatic heterocycles. The van der Waals surface area contributed by atoms with Crippen LogP contribution in [0.4, 0.5) is 0 Å². The maximum atomic E-state index is 12.5. The van der Waals surface area contributed by atoms with Crippen LogP contribution in [0.25, 0.3) is 27.5 Å². The summed E-state index contributed by atoms with van der Waals surface area (Å²) >= 11 is 1.61. The predicted molar refractivity (Wildman–Crippen MR) is 76.7 cm³/mol. The van der Waals surface area contributed by atoms with Crippen molar-refractivity contribution in [3.05, 3.63) is 52.4 Å². The molecule has 0 aliphatic carbocycles. The molecule has 6 nitrogen and oxygen atoms in total. The van der Waals surface area contributed by atoms with Gasteiger partial charge in [0.15, 0.2) is 5.65 Å². The standard InChI is InChI=1S/C13H9N5OS/c19-13-8(9-3-4-15-16-9)7-14-12-6-10(17-18(12)13)11-2-1-5-20-11/h1-7,17H,(H,15,16). The minimum absolute atomic E-state index is 0.151. The largest absolute Gasteiger partial charge is 0.288 e. The molecule has 20 heavy (non-hydrogen) atoms. The third-order valence-corrected chi connectivity index (χ3v) is 3.97. The van der Waals surface area contributed by atoms with Crippen LogP contribution in [0.2, 0.25) is 0 Å². The summed E-state index contributed by atoms with van der Waals surface area (Å²) in [5.74, 6) is 0. The third kappa shape index (κ3) is 1.60. The molecule has 0 amide bonds. The van der Waals surface area contributed by atoms with Gasteiger partial charge in [-0.15, -0.1) is 11.3 Å². The van der Waals surface area contributed by atoms with Gasteiger partial charge in [0.1, 0.15) is 0 Å². The molecule has 0 saturated heterocycles. The summed E-state index contributed by atoms with van der Waals surface area (Å²) < 4.78 is 1.45. The first kappa shape index (κ1) is 11.2. The molecule has 0 atom stereocenters. The van der Waals surface area contributed by atoms with Crippen LogP contribution < -0.4 is 5.56 Å². The van der Waals surface area contributed by atoms with Crippen molar-refractivity contribution < 1.29 is 0 Å². The second-order valence-electron chi connectivity index (χ2n) is 4.29. The van der Waals surface area contributed by atoms with Crippen molar-refractivity contribution in [2.24, 2.45) is 0 Å². The quantitative estimate of drug-likeness (QED) is 0.591. The van der Waals surface area contributed by atoms with Crippen molar-refractivity contribution >= 4 is 17.0 Å². The number of rotatable bonds is 2. The molecule has 0 aliphatic heterocycles. The minimum Gasteiger partial charge on any atom is -0.288 e. The van der Waals surface area contributed by atoms with Crippen LogP contribution in [0.3, 0.4) is 0 Å². The van der Waals surface area contributed by atoms with Crippen LogP contribution in [0.1, 0.15) is 0 Å². The van der Waals surface area contributed by atoms with E-state index in [0.29, 0.717) is 16.9 Å². The fraction of sp³-hybridized carbons (Fsp3) is 0. The number of H-pyrrole nitrogens is 2. The van der Waals surface area contributed by atoms with Crippen LogP contribution in [0.5, 0.6) is 0 Å². The van der Waals surface area contributed by atoms with Gasteiger partial charge in [-0.05, 0) is 17.5 Å². The highest BCUT2D eigenvalue weighted by Crippen LogP contribution is 2.23. The molecular weight excluding hydrogens is 274 g/mol. The van der Waals surface area contributed by atoms with Crippen LogP contribution in [-0.4, -0.2) is 24.8 Å². The molecule has 0 spiro atoms. The van der Waals surface area contributed by atoms with Gasteiger partial charge in [0.25, 0.3) is 5.56 Å². The van der Waals surface area contributed by atoms with E-state index in [1.54, 1.807) is 29.8 Å². The van der Waals surface area contributed by atoms with E-state index in [2.05, 4.69) is 20.3 Å². The van der Waals surface area contributed by atoms with Crippen molar-refractivity contribution in [3.8, 4) is 21.8 Å². The van der Waals surface area contributed by atoms with Gasteiger partial charge >= 0.3 is 0 Å². The van der Waals surface area contributed by atoms with Crippen molar-refractivity contribution in [1.82, 2.24) is 24.8 Å². The summed E-state index contributed by atoms with van der Waals surface area (Å²) in [5.41, 5.74) is 2.47. The normalized spacial score (nSPS) is 11.2. The molecule has 2 N–H and O–H groups in total. The minimum atomic E-state index is -0.151. The fourth-order valence-corrected chi connectivity index (χ4v) is 2.80. The lowest BCUT2D eigenvalue weighted by Gasteiger charge is -1.97. The number of aromatic amines is 2. The highest BCUT2D eigenvalue weighted by molar-refractivity contribution is 7.13. The zero-order valence-corrected chi connectivity index (χ0v) is 11.0. The first-order valence-corrected chi connectivity index (χ1v) is 6.85. The second kappa shape index (κ2) is 4.17. The van der Waals surface area contributed by atoms with E-state index in [1.807, 2.05) is 23.6 Å². The fourth-order valence-electron chi connectivity index (χ4n) is 2.11. The van der Waals surface area contributed by atoms with Crippen LogP contribution in [0, 0.1) is 0 Å². The Hall–Kier alpha value is -2.67. The zero-order chi connectivity index (χ0) is 13.5. The first-order valence-electron chi connectivity index (χ1n) is 5.97. The Morgan fingerprint density at radius 2 is 2.20 bits per heavy atom.